The molecule has 0 unspecified atom stereocenters. The molecule has 1 nitrogen and oxygen atoms in total. The highest BCUT2D eigenvalue weighted by Gasteiger charge is 2.42. The normalized spacial score (nSPS) is 19.1. The summed E-state index contributed by atoms with van der Waals surface area (Å²) in [6.07, 6.45) is 2.59. The maximum Gasteiger partial charge on any atom is 0.0436 e. The number of hydrogen-bond acceptors (Lipinski definition) is 1. The minimum absolute atomic E-state index is 0.343. The molecule has 0 heterocycles. The molecule has 1 aliphatic rings. The van der Waals surface area contributed by atoms with Gasteiger partial charge in [-0.3, -0.25) is 0 Å². The molecular formula is C11H15N. The molecule has 0 saturated heterocycles. The summed E-state index contributed by atoms with van der Waals surface area (Å²) in [6.45, 7) is 3.23. The van der Waals surface area contributed by atoms with Crippen molar-refractivity contribution in [2.24, 2.45) is 0 Å². The Hall–Kier alpha value is -0.820. The summed E-state index contributed by atoms with van der Waals surface area (Å²) in [5.74, 6) is 0. The number of rotatable bonds is 3. The van der Waals surface area contributed by atoms with Gasteiger partial charge in [-0.05, 0) is 24.9 Å². The van der Waals surface area contributed by atoms with Crippen molar-refractivity contribution in [2.75, 3.05) is 6.54 Å². The van der Waals surface area contributed by atoms with E-state index in [2.05, 4.69) is 42.6 Å². The lowest BCUT2D eigenvalue weighted by Crippen LogP contribution is -2.28. The molecule has 1 aromatic carbocycles. The number of benzene rings is 1. The topological polar surface area (TPSA) is 12.0 Å². The van der Waals surface area contributed by atoms with E-state index in [-0.39, 0.29) is 0 Å². The van der Waals surface area contributed by atoms with Crippen LogP contribution in [0, 0.1) is 0 Å². The van der Waals surface area contributed by atoms with Crippen molar-refractivity contribution < 1.29 is 0 Å². The van der Waals surface area contributed by atoms with Crippen molar-refractivity contribution in [2.45, 2.75) is 25.3 Å². The molecule has 1 aliphatic carbocycles. The molecule has 1 saturated carbocycles. The number of hydrogen-bond donors (Lipinski definition) is 1. The van der Waals surface area contributed by atoms with Gasteiger partial charge in [-0.2, -0.15) is 0 Å². The first-order valence-electron chi connectivity index (χ1n) is 4.68. The minimum atomic E-state index is 0.343. The Morgan fingerprint density at radius 1 is 1.25 bits per heavy atom. The van der Waals surface area contributed by atoms with Crippen molar-refractivity contribution in [3.05, 3.63) is 35.9 Å². The van der Waals surface area contributed by atoms with E-state index in [4.69, 9.17) is 0 Å². The van der Waals surface area contributed by atoms with Crippen LogP contribution >= 0.6 is 0 Å². The van der Waals surface area contributed by atoms with Crippen LogP contribution in [0.3, 0.4) is 0 Å². The first-order chi connectivity index (χ1) is 5.87. The molecule has 12 heavy (non-hydrogen) atoms. The highest BCUT2D eigenvalue weighted by molar-refractivity contribution is 5.29. The smallest absolute Gasteiger partial charge is 0.0436 e. The molecule has 1 N–H and O–H groups in total. The third-order valence-electron chi connectivity index (χ3n) is 2.59. The molecule has 0 amide bonds. The van der Waals surface area contributed by atoms with E-state index in [9.17, 15) is 0 Å². The highest BCUT2D eigenvalue weighted by atomic mass is 15.0. The third-order valence-corrected chi connectivity index (χ3v) is 2.59. The minimum Gasteiger partial charge on any atom is -0.308 e. The summed E-state index contributed by atoms with van der Waals surface area (Å²) < 4.78 is 0. The Labute approximate surface area is 73.8 Å². The monoisotopic (exact) mass is 161 g/mol. The zero-order chi connectivity index (χ0) is 8.44. The van der Waals surface area contributed by atoms with Gasteiger partial charge < -0.3 is 5.32 Å². The predicted octanol–water partition coefficient (Wildman–Crippen LogP) is 2.29. The standard InChI is InChI=1S/C11H15N/c1-2-12-11(8-9-11)10-6-4-3-5-7-10/h3-7,12H,2,8-9H2,1H3. The van der Waals surface area contributed by atoms with Gasteiger partial charge in [0.1, 0.15) is 0 Å². The Bertz CT molecular complexity index is 249. The summed E-state index contributed by atoms with van der Waals surface area (Å²) >= 11 is 0. The first-order valence-corrected chi connectivity index (χ1v) is 4.68. The van der Waals surface area contributed by atoms with E-state index < -0.39 is 0 Å². The van der Waals surface area contributed by atoms with E-state index >= 15 is 0 Å². The largest absolute Gasteiger partial charge is 0.308 e. The average Bonchev–Trinajstić information content (AvgIpc) is 2.88. The Kier molecular flexibility index (Phi) is 1.89. The van der Waals surface area contributed by atoms with Crippen LogP contribution in [-0.4, -0.2) is 6.54 Å². The lowest BCUT2D eigenvalue weighted by molar-refractivity contribution is 0.539. The Morgan fingerprint density at radius 3 is 2.42 bits per heavy atom. The fourth-order valence-electron chi connectivity index (χ4n) is 1.79. The average molecular weight is 161 g/mol. The van der Waals surface area contributed by atoms with Crippen LogP contribution in [0.25, 0.3) is 0 Å². The van der Waals surface area contributed by atoms with Crippen LogP contribution in [0.4, 0.5) is 0 Å². The van der Waals surface area contributed by atoms with Crippen LogP contribution in [0.2, 0.25) is 0 Å². The van der Waals surface area contributed by atoms with Gasteiger partial charge >= 0.3 is 0 Å². The van der Waals surface area contributed by atoms with Gasteiger partial charge in [0, 0.05) is 5.54 Å². The molecule has 1 heteroatoms. The fraction of sp³-hybridized carbons (Fsp3) is 0.455. The predicted molar refractivity (Wildman–Crippen MR) is 51.0 cm³/mol. The van der Waals surface area contributed by atoms with Crippen LogP contribution in [0.1, 0.15) is 25.3 Å². The van der Waals surface area contributed by atoms with Crippen molar-refractivity contribution >= 4 is 0 Å². The van der Waals surface area contributed by atoms with Crippen LogP contribution in [0.5, 0.6) is 0 Å². The first kappa shape index (κ1) is 7.81. The molecule has 0 atom stereocenters. The lowest BCUT2D eigenvalue weighted by Gasteiger charge is -2.15. The van der Waals surface area contributed by atoms with Crippen molar-refractivity contribution in [3.8, 4) is 0 Å². The Balaban J connectivity index is 2.19. The molecule has 1 aromatic rings. The molecule has 0 spiro atoms. The van der Waals surface area contributed by atoms with Gasteiger partial charge in [0.15, 0.2) is 0 Å². The van der Waals surface area contributed by atoms with Crippen molar-refractivity contribution in [3.63, 3.8) is 0 Å². The maximum absolute atomic E-state index is 3.55. The van der Waals surface area contributed by atoms with Crippen molar-refractivity contribution in [1.82, 2.24) is 5.32 Å². The maximum atomic E-state index is 3.55. The quantitative estimate of drug-likeness (QED) is 0.717. The fourth-order valence-corrected chi connectivity index (χ4v) is 1.79. The zero-order valence-electron chi connectivity index (χ0n) is 7.51. The lowest BCUT2D eigenvalue weighted by atomic mass is 10.1. The van der Waals surface area contributed by atoms with Gasteiger partial charge in [-0.25, -0.2) is 0 Å². The third kappa shape index (κ3) is 1.25. The molecule has 1 fully saturated rings. The summed E-state index contributed by atoms with van der Waals surface area (Å²) in [6, 6.07) is 10.7. The molecule has 2 rings (SSSR count). The molecular weight excluding hydrogens is 146 g/mol. The zero-order valence-corrected chi connectivity index (χ0v) is 7.51. The van der Waals surface area contributed by atoms with E-state index in [0.29, 0.717) is 5.54 Å². The molecule has 0 aromatic heterocycles. The van der Waals surface area contributed by atoms with Gasteiger partial charge in [-0.15, -0.1) is 0 Å². The summed E-state index contributed by atoms with van der Waals surface area (Å²) in [5, 5.41) is 3.55. The SMILES string of the molecule is CCNC1(c2ccccc2)CC1. The van der Waals surface area contributed by atoms with Crippen LogP contribution < -0.4 is 5.32 Å². The molecule has 0 aliphatic heterocycles. The highest BCUT2D eigenvalue weighted by Crippen LogP contribution is 2.45. The van der Waals surface area contributed by atoms with Gasteiger partial charge in [0.2, 0.25) is 0 Å². The second kappa shape index (κ2) is 2.91. The summed E-state index contributed by atoms with van der Waals surface area (Å²) in [5.41, 5.74) is 1.79. The Morgan fingerprint density at radius 2 is 1.92 bits per heavy atom. The molecule has 64 valence electrons. The van der Waals surface area contributed by atoms with Gasteiger partial charge in [-0.1, -0.05) is 37.3 Å². The summed E-state index contributed by atoms with van der Waals surface area (Å²) in [4.78, 5) is 0. The summed E-state index contributed by atoms with van der Waals surface area (Å²) in [7, 11) is 0. The van der Waals surface area contributed by atoms with Crippen LogP contribution in [-0.2, 0) is 5.54 Å². The van der Waals surface area contributed by atoms with E-state index in [1.165, 1.54) is 18.4 Å². The molecule has 0 radical (unpaired) electrons. The second-order valence-electron chi connectivity index (χ2n) is 3.48. The van der Waals surface area contributed by atoms with Gasteiger partial charge in [0.05, 0.1) is 0 Å². The van der Waals surface area contributed by atoms with E-state index in [1.54, 1.807) is 0 Å². The second-order valence-corrected chi connectivity index (χ2v) is 3.48. The van der Waals surface area contributed by atoms with E-state index in [1.807, 2.05) is 0 Å². The van der Waals surface area contributed by atoms with Crippen molar-refractivity contribution in [1.29, 1.82) is 0 Å². The molecule has 0 bridgehead atoms. The number of nitrogens with one attached hydrogen (secondary N) is 1. The van der Waals surface area contributed by atoms with E-state index in [0.717, 1.165) is 6.54 Å². The van der Waals surface area contributed by atoms with Crippen LogP contribution in [0.15, 0.2) is 30.3 Å². The van der Waals surface area contributed by atoms with Gasteiger partial charge in [0.25, 0.3) is 0 Å².